The molecule has 0 bridgehead atoms. The fourth-order valence-electron chi connectivity index (χ4n) is 2.85. The van der Waals surface area contributed by atoms with Crippen molar-refractivity contribution in [1.29, 1.82) is 0 Å². The zero-order valence-corrected chi connectivity index (χ0v) is 16.1. The summed E-state index contributed by atoms with van der Waals surface area (Å²) in [5.74, 6) is 1.71. The van der Waals surface area contributed by atoms with Gasteiger partial charge in [-0.1, -0.05) is 24.6 Å². The zero-order valence-electron chi connectivity index (χ0n) is 13.1. The highest BCUT2D eigenvalue weighted by atomic mass is 127. The largest absolute Gasteiger partial charge is 0.369 e. The average molecular weight is 435 g/mol. The van der Waals surface area contributed by atoms with Crippen LogP contribution >= 0.6 is 35.6 Å². The summed E-state index contributed by atoms with van der Waals surface area (Å²) < 4.78 is 0. The molecule has 22 heavy (non-hydrogen) atoms. The number of nitrogens with zero attached hydrogens (tertiary/aromatic N) is 2. The molecule has 1 heterocycles. The molecule has 1 aliphatic carbocycles. The smallest absolute Gasteiger partial charge is 0.191 e. The van der Waals surface area contributed by atoms with Gasteiger partial charge in [-0.25, -0.2) is 0 Å². The molecule has 0 aromatic heterocycles. The van der Waals surface area contributed by atoms with Gasteiger partial charge in [-0.05, 0) is 37.0 Å². The van der Waals surface area contributed by atoms with Crippen molar-refractivity contribution in [3.05, 3.63) is 29.3 Å². The second-order valence-electron chi connectivity index (χ2n) is 6.09. The van der Waals surface area contributed by atoms with Crippen molar-refractivity contribution in [2.75, 3.05) is 25.0 Å². The van der Waals surface area contributed by atoms with Crippen LogP contribution in [-0.2, 0) is 0 Å². The molecule has 3 atom stereocenters. The highest BCUT2D eigenvalue weighted by molar-refractivity contribution is 14.0. The number of nitrogens with one attached hydrogen (secondary N) is 2. The highest BCUT2D eigenvalue weighted by Crippen LogP contribution is 2.29. The van der Waals surface area contributed by atoms with Gasteiger partial charge in [0.05, 0.1) is 0 Å². The Morgan fingerprint density at radius 3 is 2.77 bits per heavy atom. The topological polar surface area (TPSA) is 39.7 Å². The van der Waals surface area contributed by atoms with Crippen LogP contribution in [0, 0.1) is 5.92 Å². The molecular weight excluding hydrogens is 411 g/mol. The van der Waals surface area contributed by atoms with Gasteiger partial charge in [-0.3, -0.25) is 4.99 Å². The minimum absolute atomic E-state index is 0. The maximum Gasteiger partial charge on any atom is 0.191 e. The molecule has 0 spiro atoms. The third kappa shape index (κ3) is 4.41. The molecule has 4 nitrogen and oxygen atoms in total. The normalized spacial score (nSPS) is 27.3. The van der Waals surface area contributed by atoms with Gasteiger partial charge >= 0.3 is 0 Å². The Labute approximate surface area is 154 Å². The number of aliphatic imine (C=N–C) groups is 1. The van der Waals surface area contributed by atoms with Crippen LogP contribution in [0.3, 0.4) is 0 Å². The van der Waals surface area contributed by atoms with E-state index in [1.807, 2.05) is 25.2 Å². The van der Waals surface area contributed by atoms with E-state index in [9.17, 15) is 0 Å². The quantitative estimate of drug-likeness (QED) is 0.436. The van der Waals surface area contributed by atoms with Crippen molar-refractivity contribution in [2.45, 2.75) is 31.8 Å². The van der Waals surface area contributed by atoms with Gasteiger partial charge < -0.3 is 15.5 Å². The number of guanidine groups is 1. The van der Waals surface area contributed by atoms with Gasteiger partial charge in [0, 0.05) is 42.9 Å². The van der Waals surface area contributed by atoms with E-state index < -0.39 is 0 Å². The Kier molecular flexibility index (Phi) is 6.20. The van der Waals surface area contributed by atoms with E-state index in [4.69, 9.17) is 11.6 Å². The van der Waals surface area contributed by atoms with E-state index in [1.165, 1.54) is 12.1 Å². The molecule has 1 aliphatic heterocycles. The van der Waals surface area contributed by atoms with Crippen LogP contribution in [-0.4, -0.2) is 38.2 Å². The third-order valence-corrected chi connectivity index (χ3v) is 4.59. The molecule has 3 unspecified atom stereocenters. The first kappa shape index (κ1) is 17.7. The minimum atomic E-state index is 0. The van der Waals surface area contributed by atoms with Crippen molar-refractivity contribution in [3.63, 3.8) is 0 Å². The summed E-state index contributed by atoms with van der Waals surface area (Å²) in [6.45, 7) is 4.30. The lowest BCUT2D eigenvalue weighted by molar-refractivity contribution is 0.643. The van der Waals surface area contributed by atoms with Gasteiger partial charge in [0.1, 0.15) is 0 Å². The summed E-state index contributed by atoms with van der Waals surface area (Å²) in [4.78, 5) is 6.70. The van der Waals surface area contributed by atoms with Gasteiger partial charge in [-0.2, -0.15) is 0 Å². The first-order valence-corrected chi connectivity index (χ1v) is 8.04. The van der Waals surface area contributed by atoms with Crippen LogP contribution in [0.1, 0.15) is 19.8 Å². The first-order valence-electron chi connectivity index (χ1n) is 7.66. The molecule has 1 aromatic rings. The number of hydrogen-bond acceptors (Lipinski definition) is 2. The van der Waals surface area contributed by atoms with Gasteiger partial charge in [0.25, 0.3) is 0 Å². The monoisotopic (exact) mass is 434 g/mol. The Bertz CT molecular complexity index is 537. The van der Waals surface area contributed by atoms with Crippen molar-refractivity contribution < 1.29 is 0 Å². The van der Waals surface area contributed by atoms with Gasteiger partial charge in [-0.15, -0.1) is 24.0 Å². The SMILES string of the molecule is CN=C(NC1CCN(c2cccc(Cl)c2)C1)NC1CC1C.I. The van der Waals surface area contributed by atoms with Crippen LogP contribution in [0.15, 0.2) is 29.3 Å². The molecule has 0 radical (unpaired) electrons. The lowest BCUT2D eigenvalue weighted by Gasteiger charge is -2.20. The number of anilines is 1. The van der Waals surface area contributed by atoms with Gasteiger partial charge in [0.15, 0.2) is 5.96 Å². The minimum Gasteiger partial charge on any atom is -0.369 e. The number of hydrogen-bond donors (Lipinski definition) is 2. The molecule has 2 aliphatic rings. The predicted molar refractivity (Wildman–Crippen MR) is 105 cm³/mol. The van der Waals surface area contributed by atoms with Crippen molar-refractivity contribution in [2.24, 2.45) is 10.9 Å². The molecule has 1 saturated carbocycles. The van der Waals surface area contributed by atoms with Crippen molar-refractivity contribution in [1.82, 2.24) is 10.6 Å². The second kappa shape index (κ2) is 7.73. The lowest BCUT2D eigenvalue weighted by atomic mass is 10.2. The molecule has 2 N–H and O–H groups in total. The van der Waals surface area contributed by atoms with E-state index in [0.29, 0.717) is 12.1 Å². The van der Waals surface area contributed by atoms with Crippen molar-refractivity contribution >= 4 is 47.2 Å². The number of rotatable bonds is 3. The Hall–Kier alpha value is -0.690. The summed E-state index contributed by atoms with van der Waals surface area (Å²) in [5.41, 5.74) is 1.20. The summed E-state index contributed by atoms with van der Waals surface area (Å²) in [7, 11) is 1.84. The van der Waals surface area contributed by atoms with E-state index in [-0.39, 0.29) is 24.0 Å². The average Bonchev–Trinajstić information content (AvgIpc) is 2.98. The lowest BCUT2D eigenvalue weighted by Crippen LogP contribution is -2.45. The fraction of sp³-hybridized carbons (Fsp3) is 0.562. The van der Waals surface area contributed by atoms with E-state index in [0.717, 1.165) is 36.4 Å². The molecule has 0 amide bonds. The summed E-state index contributed by atoms with van der Waals surface area (Å²) in [6.07, 6.45) is 2.37. The van der Waals surface area contributed by atoms with E-state index in [1.54, 1.807) is 0 Å². The number of benzene rings is 1. The zero-order chi connectivity index (χ0) is 14.8. The Morgan fingerprint density at radius 2 is 2.14 bits per heavy atom. The van der Waals surface area contributed by atoms with Crippen LogP contribution in [0.4, 0.5) is 5.69 Å². The second-order valence-corrected chi connectivity index (χ2v) is 6.53. The highest BCUT2D eigenvalue weighted by Gasteiger charge is 2.34. The number of halogens is 2. The summed E-state index contributed by atoms with van der Waals surface area (Å²) >= 11 is 6.07. The molecule has 1 saturated heterocycles. The maximum absolute atomic E-state index is 6.07. The van der Waals surface area contributed by atoms with E-state index >= 15 is 0 Å². The van der Waals surface area contributed by atoms with Crippen LogP contribution in [0.5, 0.6) is 0 Å². The molecule has 1 aromatic carbocycles. The first-order chi connectivity index (χ1) is 10.2. The Balaban J connectivity index is 0.00000176. The van der Waals surface area contributed by atoms with Crippen LogP contribution in [0.2, 0.25) is 5.02 Å². The summed E-state index contributed by atoms with van der Waals surface area (Å²) in [6, 6.07) is 9.11. The predicted octanol–water partition coefficient (Wildman–Crippen LogP) is 3.11. The fourth-order valence-corrected chi connectivity index (χ4v) is 3.03. The van der Waals surface area contributed by atoms with Crippen LogP contribution in [0.25, 0.3) is 0 Å². The standard InChI is InChI=1S/C16H23ClN4.HI/c1-11-8-15(11)20-16(18-2)19-13-6-7-21(10-13)14-5-3-4-12(17)9-14;/h3-5,9,11,13,15H,6-8,10H2,1-2H3,(H2,18,19,20);1H. The summed E-state index contributed by atoms with van der Waals surface area (Å²) in [5, 5.41) is 7.81. The maximum atomic E-state index is 6.07. The van der Waals surface area contributed by atoms with Gasteiger partial charge in [0.2, 0.25) is 0 Å². The molecule has 3 rings (SSSR count). The Morgan fingerprint density at radius 1 is 1.36 bits per heavy atom. The molecule has 2 fully saturated rings. The molecular formula is C16H24ClIN4. The van der Waals surface area contributed by atoms with E-state index in [2.05, 4.69) is 33.5 Å². The van der Waals surface area contributed by atoms with Crippen molar-refractivity contribution in [3.8, 4) is 0 Å². The molecule has 122 valence electrons. The van der Waals surface area contributed by atoms with Crippen LogP contribution < -0.4 is 15.5 Å². The molecule has 6 heteroatoms. The third-order valence-electron chi connectivity index (χ3n) is 4.36.